The van der Waals surface area contributed by atoms with Gasteiger partial charge in [-0.3, -0.25) is 9.48 Å². The molecule has 1 amide bonds. The van der Waals surface area contributed by atoms with Crippen LogP contribution >= 0.6 is 0 Å². The molecule has 2 aromatic heterocycles. The highest BCUT2D eigenvalue weighted by molar-refractivity contribution is 5.92. The number of likely N-dealkylation sites (tertiary alicyclic amines) is 1. The summed E-state index contributed by atoms with van der Waals surface area (Å²) in [6, 6.07) is 1.74. The van der Waals surface area contributed by atoms with E-state index in [-0.39, 0.29) is 12.0 Å². The van der Waals surface area contributed by atoms with Crippen LogP contribution in [0.25, 0.3) is 0 Å². The zero-order valence-corrected chi connectivity index (χ0v) is 14.6. The van der Waals surface area contributed by atoms with Gasteiger partial charge in [0.2, 0.25) is 0 Å². The Kier molecular flexibility index (Phi) is 5.77. The maximum absolute atomic E-state index is 12.5. The van der Waals surface area contributed by atoms with Crippen LogP contribution in [-0.4, -0.2) is 63.6 Å². The normalized spacial score (nSPS) is 17.8. The van der Waals surface area contributed by atoms with Crippen molar-refractivity contribution in [3.63, 3.8) is 0 Å². The van der Waals surface area contributed by atoms with Crippen molar-refractivity contribution in [3.8, 4) is 0 Å². The lowest BCUT2D eigenvalue weighted by Crippen LogP contribution is -2.43. The van der Waals surface area contributed by atoms with Crippen LogP contribution in [0.15, 0.2) is 16.8 Å². The molecule has 25 heavy (non-hydrogen) atoms. The molecule has 1 atom stereocenters. The number of ether oxygens (including phenoxy) is 2. The molecule has 0 spiro atoms. The molecule has 1 aliphatic heterocycles. The Balaban J connectivity index is 1.45. The molecule has 9 nitrogen and oxygen atoms in total. The van der Waals surface area contributed by atoms with Gasteiger partial charge >= 0.3 is 0 Å². The molecule has 1 fully saturated rings. The highest BCUT2D eigenvalue weighted by Crippen LogP contribution is 2.16. The predicted octanol–water partition coefficient (Wildman–Crippen LogP) is 0.813. The predicted molar refractivity (Wildman–Crippen MR) is 86.8 cm³/mol. The summed E-state index contributed by atoms with van der Waals surface area (Å²) in [5.74, 6) is 1.02. The lowest BCUT2D eigenvalue weighted by molar-refractivity contribution is 0.00230. The third-order valence-corrected chi connectivity index (χ3v) is 4.06. The van der Waals surface area contributed by atoms with E-state index in [1.54, 1.807) is 31.1 Å². The van der Waals surface area contributed by atoms with Gasteiger partial charge in [-0.1, -0.05) is 5.16 Å². The average molecular weight is 349 g/mol. The number of aryl methyl sites for hydroxylation is 1. The van der Waals surface area contributed by atoms with Gasteiger partial charge in [0.1, 0.15) is 12.3 Å². The largest absolute Gasteiger partial charge is 0.376 e. The number of rotatable bonds is 7. The Labute approximate surface area is 145 Å². The van der Waals surface area contributed by atoms with Crippen LogP contribution in [0.3, 0.4) is 0 Å². The van der Waals surface area contributed by atoms with Crippen LogP contribution in [0.1, 0.15) is 35.0 Å². The van der Waals surface area contributed by atoms with Gasteiger partial charge in [0.05, 0.1) is 12.7 Å². The van der Waals surface area contributed by atoms with Gasteiger partial charge in [-0.25, -0.2) is 0 Å². The first-order chi connectivity index (χ1) is 12.2. The smallest absolute Gasteiger partial charge is 0.274 e. The zero-order valence-electron chi connectivity index (χ0n) is 14.6. The fraction of sp³-hybridized carbons (Fsp3) is 0.625. The number of nitrogens with zero attached hydrogens (tertiary/aromatic N) is 5. The maximum atomic E-state index is 12.5. The highest BCUT2D eigenvalue weighted by atomic mass is 16.5. The summed E-state index contributed by atoms with van der Waals surface area (Å²) < 4.78 is 17.5. The van der Waals surface area contributed by atoms with E-state index < -0.39 is 0 Å². The SMILES string of the molecule is COCc1nc(CCOC2CCCN(C(=O)c3ccn(C)n3)C2)no1. The molecule has 3 heterocycles. The monoisotopic (exact) mass is 349 g/mol. The lowest BCUT2D eigenvalue weighted by atomic mass is 10.1. The fourth-order valence-corrected chi connectivity index (χ4v) is 2.84. The van der Waals surface area contributed by atoms with Gasteiger partial charge in [-0.15, -0.1) is 0 Å². The summed E-state index contributed by atoms with van der Waals surface area (Å²) >= 11 is 0. The quantitative estimate of drug-likeness (QED) is 0.730. The summed E-state index contributed by atoms with van der Waals surface area (Å²) in [5.41, 5.74) is 0.473. The summed E-state index contributed by atoms with van der Waals surface area (Å²) in [6.45, 7) is 2.11. The molecule has 0 aliphatic carbocycles. The van der Waals surface area contributed by atoms with E-state index in [0.717, 1.165) is 19.4 Å². The van der Waals surface area contributed by atoms with Crippen molar-refractivity contribution in [3.05, 3.63) is 29.7 Å². The number of piperidine rings is 1. The number of aromatic nitrogens is 4. The molecule has 0 aromatic carbocycles. The van der Waals surface area contributed by atoms with Crippen LogP contribution in [0.4, 0.5) is 0 Å². The first-order valence-corrected chi connectivity index (χ1v) is 8.36. The molecule has 0 radical (unpaired) electrons. The number of carbonyl (C=O) groups is 1. The Bertz CT molecular complexity index is 698. The number of hydrogen-bond acceptors (Lipinski definition) is 7. The Morgan fingerprint density at radius 2 is 2.36 bits per heavy atom. The van der Waals surface area contributed by atoms with Crippen LogP contribution in [0.2, 0.25) is 0 Å². The van der Waals surface area contributed by atoms with Gasteiger partial charge in [0, 0.05) is 39.9 Å². The zero-order chi connectivity index (χ0) is 17.6. The van der Waals surface area contributed by atoms with Crippen LogP contribution in [0.5, 0.6) is 0 Å². The Morgan fingerprint density at radius 3 is 3.12 bits per heavy atom. The molecule has 9 heteroatoms. The van der Waals surface area contributed by atoms with Crippen molar-refractivity contribution in [2.45, 2.75) is 32.0 Å². The van der Waals surface area contributed by atoms with Crippen molar-refractivity contribution in [1.82, 2.24) is 24.8 Å². The van der Waals surface area contributed by atoms with Crippen molar-refractivity contribution in [2.24, 2.45) is 7.05 Å². The third-order valence-electron chi connectivity index (χ3n) is 4.06. The summed E-state index contributed by atoms with van der Waals surface area (Å²) in [6.07, 6.45) is 4.22. The van der Waals surface area contributed by atoms with Crippen molar-refractivity contribution in [1.29, 1.82) is 0 Å². The van der Waals surface area contributed by atoms with Gasteiger partial charge < -0.3 is 18.9 Å². The first-order valence-electron chi connectivity index (χ1n) is 8.36. The van der Waals surface area contributed by atoms with Crippen LogP contribution in [-0.2, 0) is 29.5 Å². The van der Waals surface area contributed by atoms with E-state index in [2.05, 4.69) is 15.2 Å². The second kappa shape index (κ2) is 8.21. The minimum Gasteiger partial charge on any atom is -0.376 e. The number of methoxy groups -OCH3 is 1. The van der Waals surface area contributed by atoms with Gasteiger partial charge in [0.25, 0.3) is 11.8 Å². The summed E-state index contributed by atoms with van der Waals surface area (Å²) in [7, 11) is 3.38. The van der Waals surface area contributed by atoms with Gasteiger partial charge in [-0.05, 0) is 18.9 Å². The van der Waals surface area contributed by atoms with Crippen LogP contribution in [0, 0.1) is 0 Å². The maximum Gasteiger partial charge on any atom is 0.274 e. The molecule has 2 aromatic rings. The highest BCUT2D eigenvalue weighted by Gasteiger charge is 2.26. The van der Waals surface area contributed by atoms with E-state index in [1.165, 1.54) is 0 Å². The van der Waals surface area contributed by atoms with Gasteiger partial charge in [-0.2, -0.15) is 10.1 Å². The van der Waals surface area contributed by atoms with Crippen molar-refractivity contribution >= 4 is 5.91 Å². The Morgan fingerprint density at radius 1 is 1.48 bits per heavy atom. The number of carbonyl (C=O) groups excluding carboxylic acids is 1. The topological polar surface area (TPSA) is 95.5 Å². The molecular weight excluding hydrogens is 326 g/mol. The Hall–Kier alpha value is -2.26. The van der Waals surface area contributed by atoms with E-state index in [0.29, 0.717) is 43.6 Å². The van der Waals surface area contributed by atoms with E-state index >= 15 is 0 Å². The molecular formula is C16H23N5O4. The second-order valence-electron chi connectivity index (χ2n) is 6.05. The molecule has 1 saturated heterocycles. The van der Waals surface area contributed by atoms with Crippen molar-refractivity contribution < 1.29 is 18.8 Å². The molecule has 3 rings (SSSR count). The van der Waals surface area contributed by atoms with E-state index in [4.69, 9.17) is 14.0 Å². The molecule has 1 unspecified atom stereocenters. The minimum atomic E-state index is -0.0451. The van der Waals surface area contributed by atoms with E-state index in [9.17, 15) is 4.79 Å². The molecule has 0 N–H and O–H groups in total. The number of hydrogen-bond donors (Lipinski definition) is 0. The molecule has 1 aliphatic rings. The molecule has 0 saturated carbocycles. The second-order valence-corrected chi connectivity index (χ2v) is 6.05. The van der Waals surface area contributed by atoms with Crippen molar-refractivity contribution in [2.75, 3.05) is 26.8 Å². The number of amides is 1. The standard InChI is InChI=1S/C16H23N5O4/c1-20-8-5-13(18-20)16(22)21-7-3-4-12(10-21)24-9-6-14-17-15(11-23-2)25-19-14/h5,8,12H,3-4,6-7,9-11H2,1-2H3. The summed E-state index contributed by atoms with van der Waals surface area (Å²) in [5, 5.41) is 8.06. The average Bonchev–Trinajstić information content (AvgIpc) is 3.24. The minimum absolute atomic E-state index is 0.0201. The molecule has 0 bridgehead atoms. The van der Waals surface area contributed by atoms with E-state index in [1.807, 2.05) is 4.90 Å². The third kappa shape index (κ3) is 4.64. The van der Waals surface area contributed by atoms with Gasteiger partial charge in [0.15, 0.2) is 5.82 Å². The fourth-order valence-electron chi connectivity index (χ4n) is 2.84. The first kappa shape index (κ1) is 17.6. The van der Waals surface area contributed by atoms with Crippen LogP contribution < -0.4 is 0 Å². The molecule has 136 valence electrons. The summed E-state index contributed by atoms with van der Waals surface area (Å²) in [4.78, 5) is 18.5. The lowest BCUT2D eigenvalue weighted by Gasteiger charge is -2.32.